The molecule has 0 amide bonds. The summed E-state index contributed by atoms with van der Waals surface area (Å²) in [4.78, 5) is 10.9. The first kappa shape index (κ1) is 23.5. The van der Waals surface area contributed by atoms with Crippen molar-refractivity contribution in [3.05, 3.63) is 46.2 Å². The number of rotatable bonds is 7. The van der Waals surface area contributed by atoms with Gasteiger partial charge in [-0.15, -0.1) is 0 Å². The van der Waals surface area contributed by atoms with Crippen LogP contribution in [-0.2, 0) is 0 Å². The molecule has 0 radical (unpaired) electrons. The summed E-state index contributed by atoms with van der Waals surface area (Å²) in [6, 6.07) is 5.67. The number of anilines is 1. The van der Waals surface area contributed by atoms with Crippen molar-refractivity contribution >= 4 is 29.2 Å². The van der Waals surface area contributed by atoms with E-state index in [2.05, 4.69) is 31.6 Å². The molecular formula is C23H30Cl2FN5O. The molecule has 1 aromatic heterocycles. The number of hydrogen-bond donors (Lipinski definition) is 2. The van der Waals surface area contributed by atoms with Crippen molar-refractivity contribution in [3.63, 3.8) is 0 Å². The van der Waals surface area contributed by atoms with E-state index in [0.717, 1.165) is 51.0 Å². The summed E-state index contributed by atoms with van der Waals surface area (Å²) in [5.41, 5.74) is 1.04. The van der Waals surface area contributed by atoms with E-state index in [1.807, 2.05) is 12.1 Å². The molecule has 2 aromatic rings. The standard InChI is InChI=1S/C23H30Cl2FN5O/c1-32-16-13-28-23(29-14-16)30-20-6-5-15(11-19(20)26)12-21(31-9-7-27-8-10-31)17-3-2-4-18(24)22(17)25/h2-4,13-15,19-21,27H,5-12H2,1H3,(H,28,29,30). The highest BCUT2D eigenvalue weighted by Crippen LogP contribution is 2.40. The maximum Gasteiger partial charge on any atom is 0.223 e. The lowest BCUT2D eigenvalue weighted by atomic mass is 9.79. The van der Waals surface area contributed by atoms with Crippen LogP contribution < -0.4 is 15.4 Å². The lowest BCUT2D eigenvalue weighted by molar-refractivity contribution is 0.114. The van der Waals surface area contributed by atoms with Gasteiger partial charge in [-0.05, 0) is 43.2 Å². The second kappa shape index (κ2) is 11.0. The number of piperazine rings is 1. The lowest BCUT2D eigenvalue weighted by Crippen LogP contribution is -2.46. The van der Waals surface area contributed by atoms with Crippen LogP contribution in [0.25, 0.3) is 0 Å². The number of ether oxygens (including phenoxy) is 1. The zero-order valence-electron chi connectivity index (χ0n) is 18.2. The minimum absolute atomic E-state index is 0.134. The molecule has 1 saturated heterocycles. The summed E-state index contributed by atoms with van der Waals surface area (Å²) >= 11 is 12.9. The van der Waals surface area contributed by atoms with Crippen molar-refractivity contribution in [2.24, 2.45) is 5.92 Å². The van der Waals surface area contributed by atoms with Gasteiger partial charge in [-0.1, -0.05) is 35.3 Å². The molecule has 4 rings (SSSR count). The number of aromatic nitrogens is 2. The Morgan fingerprint density at radius 3 is 2.66 bits per heavy atom. The number of nitrogens with zero attached hydrogens (tertiary/aromatic N) is 3. The minimum Gasteiger partial charge on any atom is -0.494 e. The van der Waals surface area contributed by atoms with Crippen LogP contribution in [0.3, 0.4) is 0 Å². The van der Waals surface area contributed by atoms with E-state index in [1.54, 1.807) is 19.5 Å². The molecular weight excluding hydrogens is 452 g/mol. The first-order chi connectivity index (χ1) is 15.5. The van der Waals surface area contributed by atoms with Gasteiger partial charge in [-0.25, -0.2) is 14.4 Å². The predicted molar refractivity (Wildman–Crippen MR) is 126 cm³/mol. The van der Waals surface area contributed by atoms with Gasteiger partial charge in [0, 0.05) is 32.2 Å². The molecule has 2 fully saturated rings. The van der Waals surface area contributed by atoms with Crippen LogP contribution in [0.4, 0.5) is 10.3 Å². The second-order valence-corrected chi connectivity index (χ2v) is 9.36. The van der Waals surface area contributed by atoms with E-state index in [-0.39, 0.29) is 18.0 Å². The monoisotopic (exact) mass is 481 g/mol. The smallest absolute Gasteiger partial charge is 0.223 e. The molecule has 9 heteroatoms. The maximum atomic E-state index is 15.2. The topological polar surface area (TPSA) is 62.3 Å². The van der Waals surface area contributed by atoms with Crippen LogP contribution in [0.2, 0.25) is 10.0 Å². The van der Waals surface area contributed by atoms with E-state index in [1.165, 1.54) is 0 Å². The Labute approximate surface area is 198 Å². The molecule has 1 saturated carbocycles. The minimum atomic E-state index is -0.960. The third-order valence-electron chi connectivity index (χ3n) is 6.55. The highest BCUT2D eigenvalue weighted by Gasteiger charge is 2.34. The number of halogens is 3. The zero-order valence-corrected chi connectivity index (χ0v) is 19.7. The molecule has 2 N–H and O–H groups in total. The van der Waals surface area contributed by atoms with Crippen molar-refractivity contribution in [1.82, 2.24) is 20.2 Å². The molecule has 2 aliphatic rings. The summed E-state index contributed by atoms with van der Waals surface area (Å²) in [6.45, 7) is 3.77. The molecule has 0 bridgehead atoms. The quantitative estimate of drug-likeness (QED) is 0.594. The van der Waals surface area contributed by atoms with Crippen LogP contribution in [0.5, 0.6) is 5.75 Å². The normalized spacial score (nSPS) is 25.3. The van der Waals surface area contributed by atoms with Crippen LogP contribution in [-0.4, -0.2) is 60.4 Å². The number of benzene rings is 1. The van der Waals surface area contributed by atoms with Crippen LogP contribution in [0.15, 0.2) is 30.6 Å². The van der Waals surface area contributed by atoms with Crippen LogP contribution in [0.1, 0.15) is 37.3 Å². The van der Waals surface area contributed by atoms with Gasteiger partial charge in [0.25, 0.3) is 0 Å². The van der Waals surface area contributed by atoms with E-state index in [4.69, 9.17) is 27.9 Å². The zero-order chi connectivity index (χ0) is 22.5. The highest BCUT2D eigenvalue weighted by molar-refractivity contribution is 6.42. The van der Waals surface area contributed by atoms with Crippen molar-refractivity contribution in [2.45, 2.75) is 43.9 Å². The van der Waals surface area contributed by atoms with Crippen molar-refractivity contribution in [1.29, 1.82) is 0 Å². The Morgan fingerprint density at radius 1 is 1.22 bits per heavy atom. The van der Waals surface area contributed by atoms with Crippen molar-refractivity contribution in [2.75, 3.05) is 38.6 Å². The van der Waals surface area contributed by atoms with Crippen molar-refractivity contribution in [3.8, 4) is 5.75 Å². The number of hydrogen-bond acceptors (Lipinski definition) is 6. The fourth-order valence-electron chi connectivity index (χ4n) is 4.80. The molecule has 174 valence electrons. The molecule has 1 aliphatic carbocycles. The third-order valence-corrected chi connectivity index (χ3v) is 7.38. The summed E-state index contributed by atoms with van der Waals surface area (Å²) < 4.78 is 20.2. The molecule has 1 aromatic carbocycles. The molecule has 0 spiro atoms. The number of methoxy groups -OCH3 is 1. The molecule has 6 nitrogen and oxygen atoms in total. The van der Waals surface area contributed by atoms with E-state index in [0.29, 0.717) is 28.2 Å². The summed E-state index contributed by atoms with van der Waals surface area (Å²) in [5, 5.41) is 7.74. The summed E-state index contributed by atoms with van der Waals surface area (Å²) in [7, 11) is 1.56. The molecule has 4 unspecified atom stereocenters. The van der Waals surface area contributed by atoms with E-state index in [9.17, 15) is 0 Å². The Hall–Kier alpha value is -1.67. The first-order valence-corrected chi connectivity index (χ1v) is 12.0. The summed E-state index contributed by atoms with van der Waals surface area (Å²) in [6.07, 6.45) is 5.26. The van der Waals surface area contributed by atoms with Crippen LogP contribution in [0, 0.1) is 5.92 Å². The van der Waals surface area contributed by atoms with Gasteiger partial charge in [0.15, 0.2) is 5.75 Å². The molecule has 4 atom stereocenters. The van der Waals surface area contributed by atoms with Gasteiger partial charge in [-0.3, -0.25) is 4.90 Å². The fourth-order valence-corrected chi connectivity index (χ4v) is 5.23. The number of nitrogens with one attached hydrogen (secondary N) is 2. The average molecular weight is 482 g/mol. The highest BCUT2D eigenvalue weighted by atomic mass is 35.5. The largest absolute Gasteiger partial charge is 0.494 e. The molecule has 2 heterocycles. The van der Waals surface area contributed by atoms with Gasteiger partial charge < -0.3 is 15.4 Å². The van der Waals surface area contributed by atoms with Gasteiger partial charge in [0.2, 0.25) is 5.95 Å². The SMILES string of the molecule is COc1cnc(NC2CCC(CC(c3cccc(Cl)c3Cl)N3CCNCC3)CC2F)nc1. The Balaban J connectivity index is 1.42. The van der Waals surface area contributed by atoms with Gasteiger partial charge in [0.05, 0.1) is 35.6 Å². The van der Waals surface area contributed by atoms with Gasteiger partial charge >= 0.3 is 0 Å². The lowest BCUT2D eigenvalue weighted by Gasteiger charge is -2.39. The third kappa shape index (κ3) is 5.63. The van der Waals surface area contributed by atoms with Gasteiger partial charge in [-0.2, -0.15) is 0 Å². The van der Waals surface area contributed by atoms with Crippen molar-refractivity contribution < 1.29 is 9.13 Å². The predicted octanol–water partition coefficient (Wildman–Crippen LogP) is 4.75. The Bertz CT molecular complexity index is 881. The molecule has 32 heavy (non-hydrogen) atoms. The Kier molecular flexibility index (Phi) is 8.05. The molecule has 1 aliphatic heterocycles. The maximum absolute atomic E-state index is 15.2. The second-order valence-electron chi connectivity index (χ2n) is 8.57. The van der Waals surface area contributed by atoms with Gasteiger partial charge in [0.1, 0.15) is 6.17 Å². The first-order valence-electron chi connectivity index (χ1n) is 11.2. The number of alkyl halides is 1. The van der Waals surface area contributed by atoms with E-state index >= 15 is 4.39 Å². The summed E-state index contributed by atoms with van der Waals surface area (Å²) in [5.74, 6) is 1.28. The van der Waals surface area contributed by atoms with Crippen LogP contribution >= 0.6 is 23.2 Å². The average Bonchev–Trinajstić information content (AvgIpc) is 2.82. The Morgan fingerprint density at radius 2 is 1.97 bits per heavy atom. The fraction of sp³-hybridized carbons (Fsp3) is 0.565. The van der Waals surface area contributed by atoms with E-state index < -0.39 is 6.17 Å².